The van der Waals surface area contributed by atoms with Crippen molar-refractivity contribution in [2.75, 3.05) is 20.7 Å². The molecule has 1 rings (SSSR count). The fraction of sp³-hybridized carbons (Fsp3) is 1.00. The second-order valence-electron chi connectivity index (χ2n) is 4.15. The highest BCUT2D eigenvalue weighted by Gasteiger charge is 2.29. The minimum absolute atomic E-state index is 0.194. The molecule has 0 amide bonds. The molecule has 0 bridgehead atoms. The summed E-state index contributed by atoms with van der Waals surface area (Å²) in [7, 11) is 3.89. The third-order valence-corrected chi connectivity index (χ3v) is 3.28. The third-order valence-electron chi connectivity index (χ3n) is 3.28. The lowest BCUT2D eigenvalue weighted by Crippen LogP contribution is -2.34. The SMILES string of the molecule is CNCCC1(OC)CCCCCC1. The Kier molecular flexibility index (Phi) is 4.74. The lowest BCUT2D eigenvalue weighted by molar-refractivity contribution is -0.0286. The molecule has 1 aliphatic carbocycles. The van der Waals surface area contributed by atoms with Gasteiger partial charge in [0, 0.05) is 7.11 Å². The molecule has 0 saturated heterocycles. The number of hydrogen-bond acceptors (Lipinski definition) is 2. The summed E-state index contributed by atoms with van der Waals surface area (Å²) in [5, 5.41) is 3.21. The van der Waals surface area contributed by atoms with Crippen molar-refractivity contribution < 1.29 is 4.74 Å². The molecule has 0 aromatic heterocycles. The second-order valence-corrected chi connectivity index (χ2v) is 4.15. The summed E-state index contributed by atoms with van der Waals surface area (Å²) in [5.74, 6) is 0. The normalized spacial score (nSPS) is 22.6. The molecule has 1 aliphatic rings. The fourth-order valence-electron chi connectivity index (χ4n) is 2.28. The van der Waals surface area contributed by atoms with Crippen molar-refractivity contribution in [2.45, 2.75) is 50.5 Å². The van der Waals surface area contributed by atoms with Crippen molar-refractivity contribution in [3.63, 3.8) is 0 Å². The summed E-state index contributed by atoms with van der Waals surface area (Å²) in [6.07, 6.45) is 9.15. The van der Waals surface area contributed by atoms with Crippen molar-refractivity contribution in [2.24, 2.45) is 0 Å². The Morgan fingerprint density at radius 3 is 2.23 bits per heavy atom. The number of rotatable bonds is 4. The molecular weight excluding hydrogens is 162 g/mol. The maximum atomic E-state index is 5.72. The van der Waals surface area contributed by atoms with Crippen LogP contribution in [0.5, 0.6) is 0 Å². The zero-order valence-electron chi connectivity index (χ0n) is 9.07. The van der Waals surface area contributed by atoms with Crippen LogP contribution >= 0.6 is 0 Å². The maximum absolute atomic E-state index is 5.72. The molecule has 1 fully saturated rings. The largest absolute Gasteiger partial charge is 0.378 e. The van der Waals surface area contributed by atoms with E-state index < -0.39 is 0 Å². The Balaban J connectivity index is 2.43. The molecule has 0 radical (unpaired) electrons. The standard InChI is InChI=1S/C11H23NO/c1-12-10-9-11(13-2)7-5-3-4-6-8-11/h12H,3-10H2,1-2H3. The van der Waals surface area contributed by atoms with Crippen molar-refractivity contribution in [1.29, 1.82) is 0 Å². The second kappa shape index (κ2) is 5.61. The molecule has 0 aromatic rings. The van der Waals surface area contributed by atoms with E-state index in [1.165, 1.54) is 44.9 Å². The van der Waals surface area contributed by atoms with Crippen LogP contribution < -0.4 is 5.32 Å². The summed E-state index contributed by atoms with van der Waals surface area (Å²) in [5.41, 5.74) is 0.194. The van der Waals surface area contributed by atoms with E-state index >= 15 is 0 Å². The molecular formula is C11H23NO. The average molecular weight is 185 g/mol. The first-order valence-electron chi connectivity index (χ1n) is 5.53. The number of ether oxygens (including phenoxy) is 1. The van der Waals surface area contributed by atoms with Gasteiger partial charge in [0.2, 0.25) is 0 Å². The topological polar surface area (TPSA) is 21.3 Å². The van der Waals surface area contributed by atoms with Gasteiger partial charge in [-0.3, -0.25) is 0 Å². The van der Waals surface area contributed by atoms with Crippen molar-refractivity contribution in [3.05, 3.63) is 0 Å². The highest BCUT2D eigenvalue weighted by molar-refractivity contribution is 4.83. The zero-order chi connectivity index (χ0) is 9.57. The minimum Gasteiger partial charge on any atom is -0.378 e. The van der Waals surface area contributed by atoms with E-state index in [1.54, 1.807) is 0 Å². The van der Waals surface area contributed by atoms with Gasteiger partial charge in [0.1, 0.15) is 0 Å². The van der Waals surface area contributed by atoms with Crippen LogP contribution in [-0.4, -0.2) is 26.3 Å². The van der Waals surface area contributed by atoms with Gasteiger partial charge in [0.05, 0.1) is 5.60 Å². The van der Waals surface area contributed by atoms with Crippen molar-refractivity contribution in [3.8, 4) is 0 Å². The molecule has 13 heavy (non-hydrogen) atoms. The highest BCUT2D eigenvalue weighted by atomic mass is 16.5. The molecule has 1 saturated carbocycles. The Hall–Kier alpha value is -0.0800. The summed E-state index contributed by atoms with van der Waals surface area (Å²) in [6, 6.07) is 0. The minimum atomic E-state index is 0.194. The monoisotopic (exact) mass is 185 g/mol. The average Bonchev–Trinajstić information content (AvgIpc) is 2.41. The van der Waals surface area contributed by atoms with Gasteiger partial charge in [0.25, 0.3) is 0 Å². The van der Waals surface area contributed by atoms with Gasteiger partial charge in [-0.05, 0) is 32.9 Å². The van der Waals surface area contributed by atoms with Crippen LogP contribution in [0.25, 0.3) is 0 Å². The van der Waals surface area contributed by atoms with Crippen LogP contribution in [-0.2, 0) is 4.74 Å². The van der Waals surface area contributed by atoms with E-state index in [2.05, 4.69) is 5.32 Å². The van der Waals surface area contributed by atoms with E-state index in [9.17, 15) is 0 Å². The number of methoxy groups -OCH3 is 1. The van der Waals surface area contributed by atoms with Gasteiger partial charge in [0.15, 0.2) is 0 Å². The summed E-state index contributed by atoms with van der Waals surface area (Å²) < 4.78 is 5.72. The van der Waals surface area contributed by atoms with E-state index in [0.717, 1.165) is 6.54 Å². The lowest BCUT2D eigenvalue weighted by Gasteiger charge is -2.31. The first-order chi connectivity index (χ1) is 6.33. The quantitative estimate of drug-likeness (QED) is 0.679. The first kappa shape index (κ1) is 11.0. The fourth-order valence-corrected chi connectivity index (χ4v) is 2.28. The van der Waals surface area contributed by atoms with Gasteiger partial charge in [-0.2, -0.15) is 0 Å². The molecule has 0 aliphatic heterocycles. The molecule has 1 N–H and O–H groups in total. The van der Waals surface area contributed by atoms with Crippen LogP contribution in [0.15, 0.2) is 0 Å². The van der Waals surface area contributed by atoms with E-state index in [0.29, 0.717) is 0 Å². The van der Waals surface area contributed by atoms with Gasteiger partial charge >= 0.3 is 0 Å². The van der Waals surface area contributed by atoms with Crippen LogP contribution in [0.4, 0.5) is 0 Å². The Morgan fingerprint density at radius 2 is 1.77 bits per heavy atom. The molecule has 0 aromatic carbocycles. The first-order valence-corrected chi connectivity index (χ1v) is 5.53. The Morgan fingerprint density at radius 1 is 1.15 bits per heavy atom. The van der Waals surface area contributed by atoms with E-state index in [1.807, 2.05) is 14.2 Å². The van der Waals surface area contributed by atoms with Crippen LogP contribution in [0, 0.1) is 0 Å². The van der Waals surface area contributed by atoms with Gasteiger partial charge in [-0.25, -0.2) is 0 Å². The Labute approximate surface area is 82.0 Å². The van der Waals surface area contributed by atoms with Crippen molar-refractivity contribution in [1.82, 2.24) is 5.32 Å². The van der Waals surface area contributed by atoms with Gasteiger partial charge < -0.3 is 10.1 Å². The third kappa shape index (κ3) is 3.28. The van der Waals surface area contributed by atoms with Crippen LogP contribution in [0.1, 0.15) is 44.9 Å². The molecule has 0 unspecified atom stereocenters. The summed E-state index contributed by atoms with van der Waals surface area (Å²) in [4.78, 5) is 0. The maximum Gasteiger partial charge on any atom is 0.0690 e. The molecule has 0 heterocycles. The molecule has 0 atom stereocenters. The smallest absolute Gasteiger partial charge is 0.0690 e. The Bertz CT molecular complexity index is 128. The summed E-state index contributed by atoms with van der Waals surface area (Å²) in [6.45, 7) is 1.08. The highest BCUT2D eigenvalue weighted by Crippen LogP contribution is 2.32. The zero-order valence-corrected chi connectivity index (χ0v) is 9.07. The summed E-state index contributed by atoms with van der Waals surface area (Å²) >= 11 is 0. The van der Waals surface area contributed by atoms with E-state index in [-0.39, 0.29) is 5.60 Å². The van der Waals surface area contributed by atoms with Crippen LogP contribution in [0.3, 0.4) is 0 Å². The van der Waals surface area contributed by atoms with Crippen LogP contribution in [0.2, 0.25) is 0 Å². The van der Waals surface area contributed by atoms with E-state index in [4.69, 9.17) is 4.74 Å². The molecule has 0 spiro atoms. The lowest BCUT2D eigenvalue weighted by atomic mass is 9.90. The predicted octanol–water partition coefficient (Wildman–Crippen LogP) is 2.34. The number of hydrogen-bond donors (Lipinski definition) is 1. The molecule has 2 heteroatoms. The van der Waals surface area contributed by atoms with Crippen molar-refractivity contribution >= 4 is 0 Å². The van der Waals surface area contributed by atoms with Gasteiger partial charge in [-0.1, -0.05) is 25.7 Å². The number of nitrogens with one attached hydrogen (secondary N) is 1. The predicted molar refractivity (Wildman–Crippen MR) is 56.0 cm³/mol. The molecule has 78 valence electrons. The molecule has 2 nitrogen and oxygen atoms in total. The van der Waals surface area contributed by atoms with Gasteiger partial charge in [-0.15, -0.1) is 0 Å².